The molecule has 0 aromatic heterocycles. The van der Waals surface area contributed by atoms with Gasteiger partial charge < -0.3 is 24.6 Å². The van der Waals surface area contributed by atoms with Crippen molar-refractivity contribution in [3.8, 4) is 11.5 Å². The fraction of sp³-hybridized carbons (Fsp3) is 0.500. The Balaban J connectivity index is 1.88. The van der Waals surface area contributed by atoms with Gasteiger partial charge in [0.1, 0.15) is 0 Å². The number of piperidine rings is 1. The van der Waals surface area contributed by atoms with Gasteiger partial charge in [0.05, 0.1) is 6.61 Å². The van der Waals surface area contributed by atoms with E-state index >= 15 is 0 Å². The maximum absolute atomic E-state index is 12.2. The zero-order valence-electron chi connectivity index (χ0n) is 13.0. The Kier molecular flexibility index (Phi) is 5.44. The van der Waals surface area contributed by atoms with E-state index in [2.05, 4.69) is 0 Å². The van der Waals surface area contributed by atoms with E-state index in [9.17, 15) is 14.7 Å². The van der Waals surface area contributed by atoms with Crippen molar-refractivity contribution in [1.29, 1.82) is 0 Å². The minimum atomic E-state index is -1.74. The van der Waals surface area contributed by atoms with Gasteiger partial charge in [-0.05, 0) is 19.1 Å². The van der Waals surface area contributed by atoms with Gasteiger partial charge in [-0.3, -0.25) is 4.79 Å². The number of amides is 1. The van der Waals surface area contributed by atoms with Crippen molar-refractivity contribution in [3.05, 3.63) is 24.3 Å². The Labute approximate surface area is 134 Å². The van der Waals surface area contributed by atoms with Gasteiger partial charge in [0.2, 0.25) is 0 Å². The summed E-state index contributed by atoms with van der Waals surface area (Å²) in [7, 11) is 0. The maximum Gasteiger partial charge on any atom is 0.335 e. The Morgan fingerprint density at radius 2 is 1.74 bits per heavy atom. The lowest BCUT2D eigenvalue weighted by Gasteiger charge is -2.35. The third-order valence-electron chi connectivity index (χ3n) is 3.84. The van der Waals surface area contributed by atoms with Crippen LogP contribution in [0.15, 0.2) is 24.3 Å². The third-order valence-corrected chi connectivity index (χ3v) is 3.84. The summed E-state index contributed by atoms with van der Waals surface area (Å²) in [5.74, 6) is -0.432. The second kappa shape index (κ2) is 7.32. The number of aliphatic hydroxyl groups is 1. The molecule has 7 heteroatoms. The number of carbonyl (C=O) groups is 2. The number of benzene rings is 1. The summed E-state index contributed by atoms with van der Waals surface area (Å²) in [4.78, 5) is 24.6. The predicted molar refractivity (Wildman–Crippen MR) is 81.5 cm³/mol. The first kappa shape index (κ1) is 17.1. The Morgan fingerprint density at radius 1 is 1.17 bits per heavy atom. The molecular formula is C16H21NO6. The number of hydrogen-bond acceptors (Lipinski definition) is 5. The molecule has 1 aromatic carbocycles. The summed E-state index contributed by atoms with van der Waals surface area (Å²) >= 11 is 0. The Morgan fingerprint density at radius 3 is 2.26 bits per heavy atom. The van der Waals surface area contributed by atoms with Gasteiger partial charge in [0.25, 0.3) is 5.91 Å². The summed E-state index contributed by atoms with van der Waals surface area (Å²) in [5, 5.41) is 18.8. The summed E-state index contributed by atoms with van der Waals surface area (Å²) in [5.41, 5.74) is -1.74. The first-order valence-corrected chi connectivity index (χ1v) is 7.54. The average molecular weight is 323 g/mol. The van der Waals surface area contributed by atoms with E-state index in [-0.39, 0.29) is 38.4 Å². The van der Waals surface area contributed by atoms with Crippen molar-refractivity contribution < 1.29 is 29.3 Å². The first-order valence-electron chi connectivity index (χ1n) is 7.54. The van der Waals surface area contributed by atoms with Gasteiger partial charge >= 0.3 is 5.97 Å². The highest BCUT2D eigenvalue weighted by molar-refractivity contribution is 5.80. The van der Waals surface area contributed by atoms with Crippen LogP contribution in [-0.4, -0.2) is 58.9 Å². The van der Waals surface area contributed by atoms with Crippen molar-refractivity contribution >= 4 is 11.9 Å². The van der Waals surface area contributed by atoms with Gasteiger partial charge in [-0.25, -0.2) is 4.79 Å². The molecule has 2 N–H and O–H groups in total. The van der Waals surface area contributed by atoms with Crippen molar-refractivity contribution in [2.24, 2.45) is 0 Å². The molecule has 2 rings (SSSR count). The molecular weight excluding hydrogens is 302 g/mol. The minimum Gasteiger partial charge on any atom is -0.490 e. The van der Waals surface area contributed by atoms with Gasteiger partial charge in [-0.15, -0.1) is 0 Å². The highest BCUT2D eigenvalue weighted by Crippen LogP contribution is 2.27. The maximum atomic E-state index is 12.2. The predicted octanol–water partition coefficient (Wildman–Crippen LogP) is 0.902. The molecule has 1 aliphatic heterocycles. The third kappa shape index (κ3) is 4.13. The Bertz CT molecular complexity index is 565. The molecule has 0 radical (unpaired) electrons. The lowest BCUT2D eigenvalue weighted by atomic mass is 9.92. The fourth-order valence-corrected chi connectivity index (χ4v) is 2.41. The smallest absolute Gasteiger partial charge is 0.335 e. The molecule has 23 heavy (non-hydrogen) atoms. The molecule has 0 spiro atoms. The molecule has 1 aromatic rings. The molecule has 0 saturated carbocycles. The lowest BCUT2D eigenvalue weighted by molar-refractivity contribution is -0.165. The molecule has 1 heterocycles. The number of carbonyl (C=O) groups excluding carboxylic acids is 1. The van der Waals surface area contributed by atoms with E-state index in [0.717, 1.165) is 0 Å². The quantitative estimate of drug-likeness (QED) is 0.807. The Hall–Kier alpha value is -2.28. The molecule has 0 bridgehead atoms. The summed E-state index contributed by atoms with van der Waals surface area (Å²) in [6.07, 6.45) is 0.0349. The van der Waals surface area contributed by atoms with E-state index in [1.807, 2.05) is 13.0 Å². The molecule has 126 valence electrons. The van der Waals surface area contributed by atoms with Crippen LogP contribution in [0.25, 0.3) is 0 Å². The van der Waals surface area contributed by atoms with Gasteiger partial charge in [0, 0.05) is 25.9 Å². The van der Waals surface area contributed by atoms with Crippen LogP contribution in [0.3, 0.4) is 0 Å². The monoisotopic (exact) mass is 323 g/mol. The topological polar surface area (TPSA) is 96.3 Å². The van der Waals surface area contributed by atoms with E-state index in [0.29, 0.717) is 18.1 Å². The number of rotatable bonds is 6. The van der Waals surface area contributed by atoms with Crippen LogP contribution < -0.4 is 9.47 Å². The van der Waals surface area contributed by atoms with Crippen molar-refractivity contribution in [2.75, 3.05) is 26.3 Å². The first-order chi connectivity index (χ1) is 11.0. The normalized spacial score (nSPS) is 16.7. The van der Waals surface area contributed by atoms with Gasteiger partial charge in [0.15, 0.2) is 23.7 Å². The lowest BCUT2D eigenvalue weighted by Crippen LogP contribution is -2.51. The zero-order chi connectivity index (χ0) is 16.9. The van der Waals surface area contributed by atoms with Crippen molar-refractivity contribution in [3.63, 3.8) is 0 Å². The van der Waals surface area contributed by atoms with E-state index < -0.39 is 11.6 Å². The van der Waals surface area contributed by atoms with Gasteiger partial charge in [-0.2, -0.15) is 0 Å². The van der Waals surface area contributed by atoms with Crippen LogP contribution in [0.4, 0.5) is 0 Å². The second-order valence-electron chi connectivity index (χ2n) is 5.39. The standard InChI is InChI=1S/C16H21NO6/c1-2-22-12-5-3-4-6-13(12)23-11-14(18)17-9-7-16(21,8-10-17)15(19)20/h3-6,21H,2,7-11H2,1H3,(H,19,20). The molecule has 0 atom stereocenters. The van der Waals surface area contributed by atoms with E-state index in [1.54, 1.807) is 18.2 Å². The molecule has 1 saturated heterocycles. The number of nitrogens with zero attached hydrogens (tertiary/aromatic N) is 1. The molecule has 7 nitrogen and oxygen atoms in total. The SMILES string of the molecule is CCOc1ccccc1OCC(=O)N1CCC(O)(C(=O)O)CC1. The largest absolute Gasteiger partial charge is 0.490 e. The van der Waals surface area contributed by atoms with Crippen molar-refractivity contribution in [2.45, 2.75) is 25.4 Å². The fourth-order valence-electron chi connectivity index (χ4n) is 2.41. The molecule has 0 unspecified atom stereocenters. The van der Waals surface area contributed by atoms with Crippen LogP contribution in [0.2, 0.25) is 0 Å². The molecule has 1 aliphatic rings. The molecule has 1 amide bonds. The number of carboxylic acid groups (broad SMARTS) is 1. The molecule has 1 fully saturated rings. The highest BCUT2D eigenvalue weighted by atomic mass is 16.5. The summed E-state index contributed by atoms with van der Waals surface area (Å²) < 4.78 is 10.9. The second-order valence-corrected chi connectivity index (χ2v) is 5.39. The van der Waals surface area contributed by atoms with Crippen LogP contribution in [0.1, 0.15) is 19.8 Å². The number of para-hydroxylation sites is 2. The number of ether oxygens (including phenoxy) is 2. The van der Waals surface area contributed by atoms with E-state index in [4.69, 9.17) is 14.6 Å². The summed E-state index contributed by atoms with van der Waals surface area (Å²) in [6.45, 7) is 2.58. The number of hydrogen-bond donors (Lipinski definition) is 2. The molecule has 0 aliphatic carbocycles. The van der Waals surface area contributed by atoms with Crippen LogP contribution in [-0.2, 0) is 9.59 Å². The average Bonchev–Trinajstić information content (AvgIpc) is 2.54. The number of aliphatic carboxylic acids is 1. The van der Waals surface area contributed by atoms with Crippen LogP contribution in [0.5, 0.6) is 11.5 Å². The van der Waals surface area contributed by atoms with Crippen molar-refractivity contribution in [1.82, 2.24) is 4.90 Å². The minimum absolute atomic E-state index is 0.0175. The van der Waals surface area contributed by atoms with E-state index in [1.165, 1.54) is 4.90 Å². The van der Waals surface area contributed by atoms with Gasteiger partial charge in [-0.1, -0.05) is 12.1 Å². The number of likely N-dealkylation sites (tertiary alicyclic amines) is 1. The zero-order valence-corrected chi connectivity index (χ0v) is 13.0. The van der Waals surface area contributed by atoms with Crippen LogP contribution >= 0.6 is 0 Å². The number of carboxylic acids is 1. The summed E-state index contributed by atoms with van der Waals surface area (Å²) in [6, 6.07) is 7.09. The van der Waals surface area contributed by atoms with Crippen LogP contribution in [0, 0.1) is 0 Å². The highest BCUT2D eigenvalue weighted by Gasteiger charge is 2.40.